The Labute approximate surface area is 127 Å². The van der Waals surface area contributed by atoms with Gasteiger partial charge in [-0.15, -0.1) is 0 Å². The van der Waals surface area contributed by atoms with E-state index < -0.39 is 0 Å². The molecule has 1 aliphatic carbocycles. The molecule has 1 saturated carbocycles. The van der Waals surface area contributed by atoms with Gasteiger partial charge in [0.2, 0.25) is 5.91 Å². The maximum atomic E-state index is 12.7. The first-order chi connectivity index (χ1) is 10.2. The van der Waals surface area contributed by atoms with Crippen LogP contribution in [0.3, 0.4) is 0 Å². The Hall–Kier alpha value is -1.35. The number of aryl methyl sites for hydroxylation is 1. The molecule has 1 aromatic rings. The van der Waals surface area contributed by atoms with Crippen molar-refractivity contribution in [3.8, 4) is 0 Å². The molecule has 0 bridgehead atoms. The summed E-state index contributed by atoms with van der Waals surface area (Å²) in [5.74, 6) is 0.178. The summed E-state index contributed by atoms with van der Waals surface area (Å²) in [4.78, 5) is 12.7. The molecule has 1 aromatic carbocycles. The van der Waals surface area contributed by atoms with Gasteiger partial charge in [0.1, 0.15) is 0 Å². The van der Waals surface area contributed by atoms with Gasteiger partial charge in [-0.3, -0.25) is 4.79 Å². The van der Waals surface area contributed by atoms with Crippen molar-refractivity contribution in [2.24, 2.45) is 0 Å². The van der Waals surface area contributed by atoms with Crippen LogP contribution in [0.15, 0.2) is 18.2 Å². The average molecular weight is 286 g/mol. The van der Waals surface area contributed by atoms with Gasteiger partial charge >= 0.3 is 0 Å². The molecule has 3 rings (SSSR count). The average Bonchev–Trinajstić information content (AvgIpc) is 2.75. The molecule has 1 unspecified atom stereocenters. The molecule has 0 saturated heterocycles. The molecular weight excluding hydrogens is 260 g/mol. The Bertz CT molecular complexity index is 504. The van der Waals surface area contributed by atoms with E-state index in [9.17, 15) is 4.79 Å². The van der Waals surface area contributed by atoms with E-state index in [0.717, 1.165) is 25.9 Å². The lowest BCUT2D eigenvalue weighted by atomic mass is 9.89. The van der Waals surface area contributed by atoms with Gasteiger partial charge in [0.05, 0.1) is 5.92 Å². The number of carbonyl (C=O) groups excluding carboxylic acids is 1. The van der Waals surface area contributed by atoms with Crippen LogP contribution in [-0.2, 0) is 11.3 Å². The minimum atomic E-state index is -0.0300. The van der Waals surface area contributed by atoms with E-state index in [4.69, 9.17) is 0 Å². The summed E-state index contributed by atoms with van der Waals surface area (Å²) in [6.45, 7) is 3.74. The third kappa shape index (κ3) is 3.46. The third-order valence-electron chi connectivity index (χ3n) is 4.86. The smallest absolute Gasteiger partial charge is 0.229 e. The molecular formula is C18H26N2O. The molecule has 0 aromatic heterocycles. The maximum Gasteiger partial charge on any atom is 0.229 e. The Morgan fingerprint density at radius 1 is 1.19 bits per heavy atom. The minimum absolute atomic E-state index is 0.0300. The highest BCUT2D eigenvalue weighted by Gasteiger charge is 2.27. The first kappa shape index (κ1) is 14.6. The SMILES string of the molecule is Cc1ccc2c(c1)CNCC2C(=O)NC1CCCCCC1. The highest BCUT2D eigenvalue weighted by Crippen LogP contribution is 2.26. The zero-order chi connectivity index (χ0) is 14.7. The molecule has 2 N–H and O–H groups in total. The number of carbonyl (C=O) groups is 1. The summed E-state index contributed by atoms with van der Waals surface area (Å²) >= 11 is 0. The van der Waals surface area contributed by atoms with Gasteiger partial charge in [0, 0.05) is 19.1 Å². The van der Waals surface area contributed by atoms with Gasteiger partial charge in [-0.2, -0.15) is 0 Å². The predicted molar refractivity (Wildman–Crippen MR) is 85.3 cm³/mol. The molecule has 1 atom stereocenters. The van der Waals surface area contributed by atoms with Crippen LogP contribution in [0.2, 0.25) is 0 Å². The van der Waals surface area contributed by atoms with Crippen molar-refractivity contribution in [1.29, 1.82) is 0 Å². The Morgan fingerprint density at radius 2 is 1.95 bits per heavy atom. The fraction of sp³-hybridized carbons (Fsp3) is 0.611. The minimum Gasteiger partial charge on any atom is -0.353 e. The number of hydrogen-bond acceptors (Lipinski definition) is 2. The van der Waals surface area contributed by atoms with E-state index in [1.807, 2.05) is 0 Å². The fourth-order valence-corrected chi connectivity index (χ4v) is 3.65. The highest BCUT2D eigenvalue weighted by molar-refractivity contribution is 5.85. The predicted octanol–water partition coefficient (Wildman–Crippen LogP) is 3.02. The molecule has 3 nitrogen and oxygen atoms in total. The maximum absolute atomic E-state index is 12.7. The summed E-state index contributed by atoms with van der Waals surface area (Å²) in [5, 5.41) is 6.69. The second kappa shape index (κ2) is 6.61. The van der Waals surface area contributed by atoms with Crippen LogP contribution in [0.25, 0.3) is 0 Å². The summed E-state index contributed by atoms with van der Waals surface area (Å²) in [6, 6.07) is 6.85. The number of rotatable bonds is 2. The number of nitrogens with one attached hydrogen (secondary N) is 2. The normalized spacial score (nSPS) is 23.2. The van der Waals surface area contributed by atoms with Crippen LogP contribution < -0.4 is 10.6 Å². The Kier molecular flexibility index (Phi) is 4.59. The van der Waals surface area contributed by atoms with E-state index in [0.29, 0.717) is 6.04 Å². The van der Waals surface area contributed by atoms with Crippen molar-refractivity contribution < 1.29 is 4.79 Å². The monoisotopic (exact) mass is 286 g/mol. The van der Waals surface area contributed by atoms with Gasteiger partial charge in [-0.1, -0.05) is 49.4 Å². The van der Waals surface area contributed by atoms with Crippen molar-refractivity contribution in [2.45, 2.75) is 64.0 Å². The van der Waals surface area contributed by atoms with Gasteiger partial charge in [0.25, 0.3) is 0 Å². The standard InChI is InChI=1S/C18H26N2O/c1-13-8-9-16-14(10-13)11-19-12-17(16)18(21)20-15-6-4-2-3-5-7-15/h8-10,15,17,19H,2-7,11-12H2,1H3,(H,20,21). The number of fused-ring (bicyclic) bond motifs is 1. The van der Waals surface area contributed by atoms with Crippen LogP contribution in [0, 0.1) is 6.92 Å². The van der Waals surface area contributed by atoms with Gasteiger partial charge in [-0.05, 0) is 30.9 Å². The van der Waals surface area contributed by atoms with E-state index in [1.54, 1.807) is 0 Å². The van der Waals surface area contributed by atoms with E-state index in [-0.39, 0.29) is 11.8 Å². The summed E-state index contributed by atoms with van der Waals surface area (Å²) in [7, 11) is 0. The lowest BCUT2D eigenvalue weighted by Crippen LogP contribution is -2.43. The molecule has 114 valence electrons. The van der Waals surface area contributed by atoms with Gasteiger partial charge < -0.3 is 10.6 Å². The molecule has 0 spiro atoms. The van der Waals surface area contributed by atoms with Crippen molar-refractivity contribution in [1.82, 2.24) is 10.6 Å². The Morgan fingerprint density at radius 3 is 2.71 bits per heavy atom. The van der Waals surface area contributed by atoms with Crippen molar-refractivity contribution >= 4 is 5.91 Å². The van der Waals surface area contributed by atoms with E-state index in [1.165, 1.54) is 42.4 Å². The van der Waals surface area contributed by atoms with Crippen molar-refractivity contribution in [2.75, 3.05) is 6.54 Å². The molecule has 1 aliphatic heterocycles. The third-order valence-corrected chi connectivity index (χ3v) is 4.86. The lowest BCUT2D eigenvalue weighted by molar-refractivity contribution is -0.123. The van der Waals surface area contributed by atoms with E-state index in [2.05, 4.69) is 35.8 Å². The van der Waals surface area contributed by atoms with Crippen LogP contribution in [0.4, 0.5) is 0 Å². The van der Waals surface area contributed by atoms with Crippen LogP contribution in [0.5, 0.6) is 0 Å². The van der Waals surface area contributed by atoms with Crippen LogP contribution in [-0.4, -0.2) is 18.5 Å². The van der Waals surface area contributed by atoms with E-state index >= 15 is 0 Å². The molecule has 2 aliphatic rings. The van der Waals surface area contributed by atoms with Crippen molar-refractivity contribution in [3.05, 3.63) is 34.9 Å². The second-order valence-corrected chi connectivity index (χ2v) is 6.58. The number of benzene rings is 1. The summed E-state index contributed by atoms with van der Waals surface area (Å²) in [6.07, 6.45) is 7.44. The molecule has 3 heteroatoms. The lowest BCUT2D eigenvalue weighted by Gasteiger charge is -2.28. The number of hydrogen-bond donors (Lipinski definition) is 2. The quantitative estimate of drug-likeness (QED) is 0.821. The van der Waals surface area contributed by atoms with Gasteiger partial charge in [-0.25, -0.2) is 0 Å². The molecule has 1 amide bonds. The first-order valence-electron chi connectivity index (χ1n) is 8.34. The molecule has 21 heavy (non-hydrogen) atoms. The van der Waals surface area contributed by atoms with Gasteiger partial charge in [0.15, 0.2) is 0 Å². The first-order valence-corrected chi connectivity index (χ1v) is 8.34. The fourth-order valence-electron chi connectivity index (χ4n) is 3.65. The highest BCUT2D eigenvalue weighted by atomic mass is 16.2. The summed E-state index contributed by atoms with van der Waals surface area (Å²) in [5.41, 5.74) is 3.76. The van der Waals surface area contributed by atoms with Crippen LogP contribution in [0.1, 0.15) is 61.1 Å². The topological polar surface area (TPSA) is 41.1 Å². The zero-order valence-corrected chi connectivity index (χ0v) is 13.0. The van der Waals surface area contributed by atoms with Crippen LogP contribution >= 0.6 is 0 Å². The molecule has 1 fully saturated rings. The number of amides is 1. The summed E-state index contributed by atoms with van der Waals surface area (Å²) < 4.78 is 0. The van der Waals surface area contributed by atoms with Crippen molar-refractivity contribution in [3.63, 3.8) is 0 Å². The second-order valence-electron chi connectivity index (χ2n) is 6.58. The molecule has 0 radical (unpaired) electrons. The zero-order valence-electron chi connectivity index (χ0n) is 13.0. The largest absolute Gasteiger partial charge is 0.353 e. The Balaban J connectivity index is 1.70. The molecule has 1 heterocycles.